The van der Waals surface area contributed by atoms with Gasteiger partial charge in [0.1, 0.15) is 6.10 Å². The fourth-order valence-electron chi connectivity index (χ4n) is 2.92. The molecule has 1 amide bonds. The molecule has 1 aromatic rings. The molecule has 3 N–H and O–H groups in total. The van der Waals surface area contributed by atoms with E-state index in [4.69, 9.17) is 22.1 Å². The normalized spacial score (nSPS) is 21.5. The van der Waals surface area contributed by atoms with Gasteiger partial charge in [-0.25, -0.2) is 0 Å². The first-order valence-electron chi connectivity index (χ1n) is 7.66. The Morgan fingerprint density at radius 3 is 2.54 bits per heavy atom. The summed E-state index contributed by atoms with van der Waals surface area (Å²) in [5.74, 6) is -1.36. The van der Waals surface area contributed by atoms with Crippen LogP contribution in [-0.2, 0) is 14.3 Å². The molecule has 7 heteroatoms. The minimum atomic E-state index is -0.903. The van der Waals surface area contributed by atoms with Gasteiger partial charge in [-0.3, -0.25) is 14.4 Å². The zero-order valence-corrected chi connectivity index (χ0v) is 14.8. The van der Waals surface area contributed by atoms with Crippen molar-refractivity contribution in [2.75, 3.05) is 5.73 Å². The van der Waals surface area contributed by atoms with Crippen LogP contribution in [-0.4, -0.2) is 29.8 Å². The third-order valence-electron chi connectivity index (χ3n) is 4.42. The number of ketones is 1. The number of anilines is 1. The molecule has 0 unspecified atom stereocenters. The monoisotopic (exact) mass is 352 g/mol. The number of carbonyl (C=O) groups excluding carboxylic acids is 3. The summed E-state index contributed by atoms with van der Waals surface area (Å²) in [6, 6.07) is 3.79. The summed E-state index contributed by atoms with van der Waals surface area (Å²) >= 11 is 5.88. The molecule has 1 aliphatic rings. The third kappa shape index (κ3) is 3.24. The summed E-state index contributed by atoms with van der Waals surface area (Å²) < 4.78 is 5.10. The summed E-state index contributed by atoms with van der Waals surface area (Å²) in [5.41, 5.74) is 5.36. The molecule has 0 aromatic heterocycles. The van der Waals surface area contributed by atoms with Crippen molar-refractivity contribution in [2.45, 2.75) is 39.8 Å². The van der Waals surface area contributed by atoms with Crippen LogP contribution in [0.2, 0.25) is 5.02 Å². The van der Waals surface area contributed by atoms with E-state index >= 15 is 0 Å². The minimum absolute atomic E-state index is 0.211. The Morgan fingerprint density at radius 1 is 1.38 bits per heavy atom. The smallest absolute Gasteiger partial charge is 0.312 e. The molecular weight excluding hydrogens is 332 g/mol. The van der Waals surface area contributed by atoms with Gasteiger partial charge in [-0.15, -0.1) is 0 Å². The van der Waals surface area contributed by atoms with Gasteiger partial charge < -0.3 is 15.8 Å². The number of nitrogen functional groups attached to an aromatic ring is 1. The van der Waals surface area contributed by atoms with Gasteiger partial charge in [-0.1, -0.05) is 11.6 Å². The second kappa shape index (κ2) is 6.43. The average molecular weight is 353 g/mol. The first kappa shape index (κ1) is 18.3. The predicted molar refractivity (Wildman–Crippen MR) is 90.6 cm³/mol. The molecule has 130 valence electrons. The molecular formula is C17H21ClN2O4. The van der Waals surface area contributed by atoms with Crippen LogP contribution in [0.25, 0.3) is 0 Å². The lowest BCUT2D eigenvalue weighted by Gasteiger charge is -2.43. The number of hydrogen-bond donors (Lipinski definition) is 2. The Morgan fingerprint density at radius 2 is 2.00 bits per heavy atom. The van der Waals surface area contributed by atoms with E-state index in [0.717, 1.165) is 0 Å². The highest BCUT2D eigenvalue weighted by Gasteiger charge is 2.52. The van der Waals surface area contributed by atoms with Gasteiger partial charge in [-0.2, -0.15) is 0 Å². The highest BCUT2D eigenvalue weighted by atomic mass is 35.5. The molecule has 1 saturated heterocycles. The Balaban J connectivity index is 2.10. The van der Waals surface area contributed by atoms with E-state index in [1.165, 1.54) is 12.1 Å². The van der Waals surface area contributed by atoms with Crippen molar-refractivity contribution in [1.29, 1.82) is 0 Å². The number of hydrogen-bond acceptors (Lipinski definition) is 5. The first-order chi connectivity index (χ1) is 11.1. The number of nitrogens with two attached hydrogens (primary N) is 1. The van der Waals surface area contributed by atoms with Crippen LogP contribution in [0.5, 0.6) is 0 Å². The van der Waals surface area contributed by atoms with Gasteiger partial charge in [0.2, 0.25) is 0 Å². The fraction of sp³-hybridized carbons (Fsp3) is 0.471. The van der Waals surface area contributed by atoms with Gasteiger partial charge in [-0.05, 0) is 45.9 Å². The summed E-state index contributed by atoms with van der Waals surface area (Å²) in [7, 11) is 0. The SMILES string of the molecule is C[C@H](NC(=O)c1cc(Cl)ccc1N)C(=O)C(C)(C)[C@@H]1OC(=O)[C@H]1C. The van der Waals surface area contributed by atoms with Crippen LogP contribution in [0.4, 0.5) is 5.69 Å². The number of nitrogens with one attached hydrogen (secondary N) is 1. The predicted octanol–water partition coefficient (Wildman–Crippen LogP) is 2.20. The Labute approximate surface area is 145 Å². The second-order valence-electron chi connectivity index (χ2n) is 6.66. The summed E-state index contributed by atoms with van der Waals surface area (Å²) in [4.78, 5) is 36.3. The van der Waals surface area contributed by atoms with Gasteiger partial charge >= 0.3 is 5.97 Å². The fourth-order valence-corrected chi connectivity index (χ4v) is 3.09. The highest BCUT2D eigenvalue weighted by molar-refractivity contribution is 6.31. The van der Waals surface area contributed by atoms with Crippen molar-refractivity contribution in [3.8, 4) is 0 Å². The van der Waals surface area contributed by atoms with Gasteiger partial charge in [0.25, 0.3) is 5.91 Å². The molecule has 3 atom stereocenters. The number of carbonyl (C=O) groups is 3. The Hall–Kier alpha value is -2.08. The van der Waals surface area contributed by atoms with E-state index < -0.39 is 23.5 Å². The standard InChI is InChI=1S/C17H21ClN2O4/c1-8-14(24-16(8)23)17(3,4)13(21)9(2)20-15(22)11-7-10(18)5-6-12(11)19/h5-9,14H,19H2,1-4H3,(H,20,22)/t8-,9-,14+/m0/s1. The molecule has 1 aliphatic heterocycles. The number of rotatable bonds is 5. The summed E-state index contributed by atoms with van der Waals surface area (Å²) in [6.45, 7) is 6.73. The van der Waals surface area contributed by atoms with Crippen LogP contribution >= 0.6 is 11.6 Å². The number of esters is 1. The maximum Gasteiger partial charge on any atom is 0.312 e. The molecule has 0 radical (unpaired) electrons. The molecule has 0 aliphatic carbocycles. The molecule has 2 rings (SSSR count). The zero-order valence-electron chi connectivity index (χ0n) is 14.1. The molecule has 1 fully saturated rings. The quantitative estimate of drug-likeness (QED) is 0.625. The van der Waals surface area contributed by atoms with E-state index in [2.05, 4.69) is 5.32 Å². The van der Waals surface area contributed by atoms with Crippen molar-refractivity contribution in [2.24, 2.45) is 11.3 Å². The van der Waals surface area contributed by atoms with Crippen molar-refractivity contribution >= 4 is 34.9 Å². The Kier molecular flexibility index (Phi) is 4.90. The first-order valence-corrected chi connectivity index (χ1v) is 8.04. The van der Waals surface area contributed by atoms with Gasteiger partial charge in [0, 0.05) is 10.7 Å². The maximum absolute atomic E-state index is 12.7. The van der Waals surface area contributed by atoms with Crippen molar-refractivity contribution in [3.63, 3.8) is 0 Å². The number of ether oxygens (including phenoxy) is 1. The van der Waals surface area contributed by atoms with Crippen molar-refractivity contribution in [1.82, 2.24) is 5.32 Å². The van der Waals surface area contributed by atoms with Crippen LogP contribution in [0.3, 0.4) is 0 Å². The van der Waals surface area contributed by atoms with Crippen molar-refractivity contribution < 1.29 is 19.1 Å². The second-order valence-corrected chi connectivity index (χ2v) is 7.10. The van der Waals surface area contributed by atoms with Crippen LogP contribution in [0, 0.1) is 11.3 Å². The van der Waals surface area contributed by atoms with E-state index in [1.54, 1.807) is 33.8 Å². The third-order valence-corrected chi connectivity index (χ3v) is 4.65. The lowest BCUT2D eigenvalue weighted by atomic mass is 9.72. The highest BCUT2D eigenvalue weighted by Crippen LogP contribution is 2.38. The van der Waals surface area contributed by atoms with Gasteiger partial charge in [0.15, 0.2) is 5.78 Å². The van der Waals surface area contributed by atoms with Crippen LogP contribution in [0.1, 0.15) is 38.1 Å². The van der Waals surface area contributed by atoms with E-state index in [1.807, 2.05) is 0 Å². The molecule has 0 bridgehead atoms. The average Bonchev–Trinajstić information content (AvgIpc) is 2.53. The summed E-state index contributed by atoms with van der Waals surface area (Å²) in [6.07, 6.45) is -0.493. The largest absolute Gasteiger partial charge is 0.460 e. The lowest BCUT2D eigenvalue weighted by molar-refractivity contribution is -0.198. The topological polar surface area (TPSA) is 98.5 Å². The number of benzene rings is 1. The number of cyclic esters (lactones) is 1. The summed E-state index contributed by atoms with van der Waals surface area (Å²) in [5, 5.41) is 3.01. The molecule has 0 spiro atoms. The molecule has 1 heterocycles. The zero-order chi connectivity index (χ0) is 18.2. The van der Waals surface area contributed by atoms with Crippen LogP contribution < -0.4 is 11.1 Å². The Bertz CT molecular complexity index is 702. The van der Waals surface area contributed by atoms with E-state index in [-0.39, 0.29) is 28.9 Å². The van der Waals surface area contributed by atoms with Crippen molar-refractivity contribution in [3.05, 3.63) is 28.8 Å². The number of amides is 1. The maximum atomic E-state index is 12.7. The van der Waals surface area contributed by atoms with Crippen LogP contribution in [0.15, 0.2) is 18.2 Å². The number of Topliss-reactive ketones (excluding diaryl/α,β-unsaturated/α-hetero) is 1. The minimum Gasteiger partial charge on any atom is -0.460 e. The van der Waals surface area contributed by atoms with E-state index in [0.29, 0.717) is 5.02 Å². The lowest BCUT2D eigenvalue weighted by Crippen LogP contribution is -2.58. The van der Waals surface area contributed by atoms with E-state index in [9.17, 15) is 14.4 Å². The molecule has 1 aromatic carbocycles. The van der Waals surface area contributed by atoms with Gasteiger partial charge in [0.05, 0.1) is 22.9 Å². The number of halogens is 1. The molecule has 24 heavy (non-hydrogen) atoms. The molecule has 0 saturated carbocycles. The molecule has 6 nitrogen and oxygen atoms in total.